The van der Waals surface area contributed by atoms with Crippen LogP contribution in [0.25, 0.3) is 16.6 Å². The molecule has 2 N–H and O–H groups in total. The molecule has 0 saturated heterocycles. The van der Waals surface area contributed by atoms with Gasteiger partial charge < -0.3 is 9.88 Å². The molecule has 1 fully saturated rings. The molecule has 1 saturated carbocycles. The first-order valence-corrected chi connectivity index (χ1v) is 13.9. The lowest BCUT2D eigenvalue weighted by Gasteiger charge is -2.18. The lowest BCUT2D eigenvalue weighted by atomic mass is 10.1. The van der Waals surface area contributed by atoms with Gasteiger partial charge in [0.1, 0.15) is 0 Å². The van der Waals surface area contributed by atoms with Crippen molar-refractivity contribution in [3.63, 3.8) is 0 Å². The standard InChI is InChI=1S/C29H29F3N4S/c1-19(2)20-9-16-27-26(17-20)34-28(36(27)18-21-7-5-6-8-25(21)29(30,31)32)33-22-12-14-24(15-13-22)37(3,4)35-23-10-11-23/h5-9,12-17,23,35H,1,3-4,10-11,18H2,2H3,(H,33,34). The second kappa shape index (κ2) is 9.43. The van der Waals surface area contributed by atoms with Crippen LogP contribution in [0, 0.1) is 0 Å². The number of rotatable bonds is 8. The van der Waals surface area contributed by atoms with Crippen molar-refractivity contribution < 1.29 is 13.2 Å². The maximum Gasteiger partial charge on any atom is 0.416 e. The lowest BCUT2D eigenvalue weighted by Crippen LogP contribution is -2.13. The van der Waals surface area contributed by atoms with E-state index in [1.807, 2.05) is 49.4 Å². The highest BCUT2D eigenvalue weighted by molar-refractivity contribution is 8.26. The summed E-state index contributed by atoms with van der Waals surface area (Å²) in [6, 6.07) is 19.7. The molecule has 5 rings (SSSR count). The molecule has 0 spiro atoms. The molecule has 0 aliphatic heterocycles. The van der Waals surface area contributed by atoms with Crippen molar-refractivity contribution >= 4 is 49.4 Å². The maximum absolute atomic E-state index is 13.7. The molecule has 0 bridgehead atoms. The Balaban J connectivity index is 1.53. The number of allylic oxidation sites excluding steroid dienone is 1. The summed E-state index contributed by atoms with van der Waals surface area (Å²) in [4.78, 5) is 5.79. The van der Waals surface area contributed by atoms with Gasteiger partial charge in [0.15, 0.2) is 0 Å². The van der Waals surface area contributed by atoms with Gasteiger partial charge in [0.25, 0.3) is 0 Å². The third-order valence-electron chi connectivity index (χ3n) is 6.42. The van der Waals surface area contributed by atoms with Crippen LogP contribution < -0.4 is 10.0 Å². The fourth-order valence-electron chi connectivity index (χ4n) is 4.27. The highest BCUT2D eigenvalue weighted by atomic mass is 32.2. The van der Waals surface area contributed by atoms with Gasteiger partial charge in [-0.25, -0.2) is 4.98 Å². The van der Waals surface area contributed by atoms with Gasteiger partial charge in [-0.05, 0) is 73.4 Å². The fraction of sp³-hybridized carbons (Fsp3) is 0.207. The van der Waals surface area contributed by atoms with Crippen LogP contribution in [0.1, 0.15) is 36.5 Å². The number of nitrogens with zero attached hydrogens (tertiary/aromatic N) is 2. The quantitative estimate of drug-likeness (QED) is 0.235. The first-order valence-electron chi connectivity index (χ1n) is 12.0. The summed E-state index contributed by atoms with van der Waals surface area (Å²) in [6.45, 7) is 5.91. The van der Waals surface area contributed by atoms with Gasteiger partial charge in [-0.15, -0.1) is 9.39 Å². The smallest absolute Gasteiger partial charge is 0.326 e. The van der Waals surface area contributed by atoms with Crippen LogP contribution in [-0.2, 0) is 12.7 Å². The van der Waals surface area contributed by atoms with Crippen LogP contribution in [0.4, 0.5) is 24.8 Å². The minimum atomic E-state index is -4.45. The van der Waals surface area contributed by atoms with Gasteiger partial charge in [-0.3, -0.25) is 4.72 Å². The Labute approximate surface area is 215 Å². The van der Waals surface area contributed by atoms with E-state index in [4.69, 9.17) is 4.98 Å². The number of imidazole rings is 1. The summed E-state index contributed by atoms with van der Waals surface area (Å²) in [7, 11) is -1.60. The van der Waals surface area contributed by atoms with Crippen molar-refractivity contribution in [1.29, 1.82) is 0 Å². The Kier molecular flexibility index (Phi) is 6.41. The van der Waals surface area contributed by atoms with Crippen molar-refractivity contribution in [2.45, 2.75) is 43.4 Å². The maximum atomic E-state index is 13.7. The second-order valence-electron chi connectivity index (χ2n) is 9.59. The zero-order chi connectivity index (χ0) is 26.4. The minimum absolute atomic E-state index is 0.00927. The van der Waals surface area contributed by atoms with E-state index < -0.39 is 21.1 Å². The van der Waals surface area contributed by atoms with Gasteiger partial charge in [-0.2, -0.15) is 13.2 Å². The first kappa shape index (κ1) is 25.2. The predicted octanol–water partition coefficient (Wildman–Crippen LogP) is 7.57. The summed E-state index contributed by atoms with van der Waals surface area (Å²) in [5, 5.41) is 3.32. The average Bonchev–Trinajstić information content (AvgIpc) is 3.59. The highest BCUT2D eigenvalue weighted by Crippen LogP contribution is 2.36. The molecule has 192 valence electrons. The topological polar surface area (TPSA) is 41.9 Å². The summed E-state index contributed by atoms with van der Waals surface area (Å²) < 4.78 is 46.5. The molecule has 37 heavy (non-hydrogen) atoms. The van der Waals surface area contributed by atoms with Crippen LogP contribution in [0.3, 0.4) is 0 Å². The van der Waals surface area contributed by atoms with E-state index in [2.05, 4.69) is 28.4 Å². The number of aromatic nitrogens is 2. The summed E-state index contributed by atoms with van der Waals surface area (Å²) in [6.07, 6.45) is -2.14. The number of halogens is 3. The van der Waals surface area contributed by atoms with Crippen LogP contribution in [0.5, 0.6) is 0 Å². The van der Waals surface area contributed by atoms with Crippen molar-refractivity contribution in [2.75, 3.05) is 5.32 Å². The number of nitrogens with one attached hydrogen (secondary N) is 2. The minimum Gasteiger partial charge on any atom is -0.326 e. The highest BCUT2D eigenvalue weighted by Gasteiger charge is 2.33. The molecular weight excluding hydrogens is 493 g/mol. The molecule has 0 amide bonds. The fourth-order valence-corrected chi connectivity index (χ4v) is 5.94. The van der Waals surface area contributed by atoms with Crippen LogP contribution in [0.2, 0.25) is 0 Å². The Morgan fingerprint density at radius 2 is 1.76 bits per heavy atom. The number of benzene rings is 3. The van der Waals surface area contributed by atoms with Gasteiger partial charge in [-0.1, -0.05) is 48.2 Å². The summed E-state index contributed by atoms with van der Waals surface area (Å²) in [5.74, 6) is 9.06. The molecule has 0 atom stereocenters. The Bertz CT molecular complexity index is 1580. The largest absolute Gasteiger partial charge is 0.416 e. The molecule has 1 aliphatic carbocycles. The van der Waals surface area contributed by atoms with Gasteiger partial charge in [0.2, 0.25) is 5.95 Å². The van der Waals surface area contributed by atoms with Crippen molar-refractivity contribution in [3.8, 4) is 0 Å². The van der Waals surface area contributed by atoms with Crippen molar-refractivity contribution in [2.24, 2.45) is 0 Å². The van der Waals surface area contributed by atoms with Gasteiger partial charge >= 0.3 is 6.18 Å². The van der Waals surface area contributed by atoms with E-state index in [-0.39, 0.29) is 12.1 Å². The number of alkyl halides is 3. The van der Waals surface area contributed by atoms with Crippen molar-refractivity contribution in [3.05, 3.63) is 90.0 Å². The van der Waals surface area contributed by atoms with Crippen LogP contribution in [0.15, 0.2) is 78.2 Å². The Morgan fingerprint density at radius 3 is 2.41 bits per heavy atom. The normalized spacial score (nSPS) is 14.2. The van der Waals surface area contributed by atoms with E-state index >= 15 is 0 Å². The van der Waals surface area contributed by atoms with Crippen LogP contribution >= 0.6 is 9.39 Å². The molecule has 1 aromatic heterocycles. The SMILES string of the molecule is C=C(C)c1ccc2c(c1)nc(Nc1ccc(S(=C)(=C)NC3CC3)cc1)n2Cc1ccccc1C(F)(F)F. The summed E-state index contributed by atoms with van der Waals surface area (Å²) in [5.41, 5.74) is 3.51. The van der Waals surface area contributed by atoms with E-state index in [0.717, 1.165) is 46.1 Å². The van der Waals surface area contributed by atoms with E-state index in [1.165, 1.54) is 12.1 Å². The van der Waals surface area contributed by atoms with Gasteiger partial charge in [0, 0.05) is 16.6 Å². The zero-order valence-corrected chi connectivity index (χ0v) is 21.4. The molecule has 8 heteroatoms. The lowest BCUT2D eigenvalue weighted by molar-refractivity contribution is -0.138. The zero-order valence-electron chi connectivity index (χ0n) is 20.6. The Morgan fingerprint density at radius 1 is 1.05 bits per heavy atom. The molecule has 1 aliphatic rings. The first-order chi connectivity index (χ1) is 17.5. The average molecular weight is 523 g/mol. The van der Waals surface area contributed by atoms with E-state index in [1.54, 1.807) is 10.6 Å². The third kappa shape index (κ3) is 5.45. The van der Waals surface area contributed by atoms with Crippen LogP contribution in [-0.4, -0.2) is 27.3 Å². The molecule has 3 aromatic carbocycles. The number of fused-ring (bicyclic) bond motifs is 1. The molecule has 0 radical (unpaired) electrons. The molecule has 1 heterocycles. The molecule has 4 nitrogen and oxygen atoms in total. The predicted molar refractivity (Wildman–Crippen MR) is 151 cm³/mol. The summed E-state index contributed by atoms with van der Waals surface area (Å²) >= 11 is 0. The van der Waals surface area contributed by atoms with E-state index in [0.29, 0.717) is 17.5 Å². The Hall–Kier alpha value is -3.49. The number of anilines is 2. The monoisotopic (exact) mass is 522 g/mol. The number of hydrogen-bond acceptors (Lipinski definition) is 3. The molecule has 4 aromatic rings. The van der Waals surface area contributed by atoms with Gasteiger partial charge in [0.05, 0.1) is 23.1 Å². The second-order valence-corrected chi connectivity index (χ2v) is 12.1. The van der Waals surface area contributed by atoms with E-state index in [9.17, 15) is 13.2 Å². The molecular formula is C29H29F3N4S. The number of hydrogen-bond donors (Lipinski definition) is 2. The molecule has 0 unspecified atom stereocenters. The third-order valence-corrected chi connectivity index (χ3v) is 8.38. The van der Waals surface area contributed by atoms with Crippen molar-refractivity contribution in [1.82, 2.24) is 14.3 Å².